The van der Waals surface area contributed by atoms with Gasteiger partial charge >= 0.3 is 0 Å². The fourth-order valence-electron chi connectivity index (χ4n) is 2.47. The third-order valence-corrected chi connectivity index (χ3v) is 4.50. The molecule has 0 amide bonds. The lowest BCUT2D eigenvalue weighted by molar-refractivity contribution is 0.348. The zero-order valence-corrected chi connectivity index (χ0v) is 11.5. The van der Waals surface area contributed by atoms with Crippen molar-refractivity contribution in [1.29, 1.82) is 0 Å². The molecule has 0 unspecified atom stereocenters. The summed E-state index contributed by atoms with van der Waals surface area (Å²) in [5.41, 5.74) is 3.01. The summed E-state index contributed by atoms with van der Waals surface area (Å²) in [5.74, 6) is 1.79. The van der Waals surface area contributed by atoms with Crippen LogP contribution in [0.4, 0.5) is 0 Å². The third kappa shape index (κ3) is 2.96. The van der Waals surface area contributed by atoms with E-state index in [0.29, 0.717) is 0 Å². The standard InChI is InChI=1S/C14H19I/c1-11-2-6-13(7-3-11)14-8-4-12(10-15)5-9-14/h4-5,8-9,11,13H,2-3,6-7,10H2,1H3. The van der Waals surface area contributed by atoms with E-state index in [4.69, 9.17) is 0 Å². The predicted molar refractivity (Wildman–Crippen MR) is 74.5 cm³/mol. The largest absolute Gasteiger partial charge is 0.0812 e. The van der Waals surface area contributed by atoms with Gasteiger partial charge in [0, 0.05) is 4.43 Å². The molecule has 0 nitrogen and oxygen atoms in total. The first-order valence-corrected chi connectivity index (χ1v) is 7.47. The molecule has 0 heterocycles. The molecular formula is C14H19I. The van der Waals surface area contributed by atoms with E-state index in [2.05, 4.69) is 53.8 Å². The zero-order chi connectivity index (χ0) is 10.7. The second-order valence-corrected chi connectivity index (χ2v) is 5.59. The number of hydrogen-bond acceptors (Lipinski definition) is 0. The van der Waals surface area contributed by atoms with E-state index in [1.54, 1.807) is 5.56 Å². The van der Waals surface area contributed by atoms with Crippen molar-refractivity contribution >= 4 is 22.6 Å². The van der Waals surface area contributed by atoms with Crippen LogP contribution in [0, 0.1) is 5.92 Å². The predicted octanol–water partition coefficient (Wildman–Crippen LogP) is 4.92. The van der Waals surface area contributed by atoms with Crippen molar-refractivity contribution < 1.29 is 0 Å². The van der Waals surface area contributed by atoms with Crippen LogP contribution in [0.25, 0.3) is 0 Å². The minimum absolute atomic E-state index is 0.837. The molecule has 0 radical (unpaired) electrons. The van der Waals surface area contributed by atoms with Crippen molar-refractivity contribution in [2.75, 3.05) is 0 Å². The summed E-state index contributed by atoms with van der Waals surface area (Å²) < 4.78 is 1.12. The smallest absolute Gasteiger partial charge is 0.0247 e. The summed E-state index contributed by atoms with van der Waals surface area (Å²) in [6, 6.07) is 9.27. The molecule has 0 saturated heterocycles. The van der Waals surface area contributed by atoms with Gasteiger partial charge in [-0.05, 0) is 35.8 Å². The summed E-state index contributed by atoms with van der Waals surface area (Å²) in [6.45, 7) is 2.38. The average Bonchev–Trinajstić information content (AvgIpc) is 2.30. The van der Waals surface area contributed by atoms with Gasteiger partial charge in [0.15, 0.2) is 0 Å². The van der Waals surface area contributed by atoms with Gasteiger partial charge < -0.3 is 0 Å². The van der Waals surface area contributed by atoms with Gasteiger partial charge in [-0.1, -0.05) is 66.6 Å². The molecule has 0 aliphatic heterocycles. The van der Waals surface area contributed by atoms with Crippen LogP contribution < -0.4 is 0 Å². The lowest BCUT2D eigenvalue weighted by Crippen LogP contribution is -2.10. The Hall–Kier alpha value is -0.0500. The lowest BCUT2D eigenvalue weighted by Gasteiger charge is -2.26. The van der Waals surface area contributed by atoms with E-state index in [0.717, 1.165) is 16.3 Å². The summed E-state index contributed by atoms with van der Waals surface area (Å²) in [5, 5.41) is 0. The summed E-state index contributed by atoms with van der Waals surface area (Å²) in [7, 11) is 0. The van der Waals surface area contributed by atoms with Crippen molar-refractivity contribution in [2.24, 2.45) is 5.92 Å². The quantitative estimate of drug-likeness (QED) is 0.537. The lowest BCUT2D eigenvalue weighted by atomic mass is 9.79. The van der Waals surface area contributed by atoms with Crippen LogP contribution in [0.3, 0.4) is 0 Å². The van der Waals surface area contributed by atoms with Gasteiger partial charge in [0.05, 0.1) is 0 Å². The number of hydrogen-bond donors (Lipinski definition) is 0. The monoisotopic (exact) mass is 314 g/mol. The molecule has 1 fully saturated rings. The van der Waals surface area contributed by atoms with Crippen molar-refractivity contribution in [3.63, 3.8) is 0 Å². The Labute approximate surface area is 107 Å². The van der Waals surface area contributed by atoms with E-state index >= 15 is 0 Å². The first-order valence-electron chi connectivity index (χ1n) is 5.94. The highest BCUT2D eigenvalue weighted by molar-refractivity contribution is 14.1. The summed E-state index contributed by atoms with van der Waals surface area (Å²) in [6.07, 6.45) is 5.62. The van der Waals surface area contributed by atoms with Gasteiger partial charge in [0.25, 0.3) is 0 Å². The van der Waals surface area contributed by atoms with Crippen molar-refractivity contribution in [2.45, 2.75) is 43.0 Å². The molecule has 0 N–H and O–H groups in total. The Kier molecular flexibility index (Phi) is 4.06. The van der Waals surface area contributed by atoms with Crippen LogP contribution in [0.5, 0.6) is 0 Å². The second-order valence-electron chi connectivity index (χ2n) is 4.83. The fourth-order valence-corrected chi connectivity index (χ4v) is 2.98. The minimum atomic E-state index is 0.837. The molecule has 15 heavy (non-hydrogen) atoms. The molecular weight excluding hydrogens is 295 g/mol. The van der Waals surface area contributed by atoms with Gasteiger partial charge in [0.2, 0.25) is 0 Å². The van der Waals surface area contributed by atoms with Crippen molar-refractivity contribution in [1.82, 2.24) is 0 Å². The molecule has 1 aliphatic rings. The van der Waals surface area contributed by atoms with E-state index in [1.165, 1.54) is 31.2 Å². The van der Waals surface area contributed by atoms with Gasteiger partial charge in [-0.2, -0.15) is 0 Å². The average molecular weight is 314 g/mol. The maximum absolute atomic E-state index is 2.42. The SMILES string of the molecule is CC1CCC(c2ccc(CI)cc2)CC1. The summed E-state index contributed by atoms with van der Waals surface area (Å²) >= 11 is 2.42. The molecule has 1 aromatic rings. The molecule has 0 spiro atoms. The zero-order valence-electron chi connectivity index (χ0n) is 9.38. The molecule has 82 valence electrons. The van der Waals surface area contributed by atoms with Gasteiger partial charge in [-0.25, -0.2) is 0 Å². The molecule has 0 bridgehead atoms. The maximum atomic E-state index is 2.42. The Bertz CT molecular complexity index is 294. The van der Waals surface area contributed by atoms with Crippen LogP contribution in [-0.4, -0.2) is 0 Å². The van der Waals surface area contributed by atoms with E-state index in [9.17, 15) is 0 Å². The number of alkyl halides is 1. The van der Waals surface area contributed by atoms with E-state index in [1.807, 2.05) is 0 Å². The molecule has 1 saturated carbocycles. The van der Waals surface area contributed by atoms with Crippen molar-refractivity contribution in [3.8, 4) is 0 Å². The molecule has 0 aromatic heterocycles. The van der Waals surface area contributed by atoms with Crippen LogP contribution in [0.15, 0.2) is 24.3 Å². The Morgan fingerprint density at radius 2 is 1.67 bits per heavy atom. The Morgan fingerprint density at radius 3 is 2.20 bits per heavy atom. The first-order chi connectivity index (χ1) is 7.29. The number of benzene rings is 1. The minimum Gasteiger partial charge on any atom is -0.0812 e. The Balaban J connectivity index is 2.03. The highest BCUT2D eigenvalue weighted by Crippen LogP contribution is 2.35. The molecule has 1 aliphatic carbocycles. The first kappa shape index (κ1) is 11.4. The fraction of sp³-hybridized carbons (Fsp3) is 0.571. The van der Waals surface area contributed by atoms with E-state index in [-0.39, 0.29) is 0 Å². The van der Waals surface area contributed by atoms with Crippen molar-refractivity contribution in [3.05, 3.63) is 35.4 Å². The molecule has 2 rings (SSSR count). The van der Waals surface area contributed by atoms with Crippen LogP contribution in [-0.2, 0) is 4.43 Å². The maximum Gasteiger partial charge on any atom is 0.0247 e. The number of halogens is 1. The number of rotatable bonds is 2. The highest BCUT2D eigenvalue weighted by atomic mass is 127. The topological polar surface area (TPSA) is 0 Å². The normalized spacial score (nSPS) is 26.5. The van der Waals surface area contributed by atoms with Crippen LogP contribution in [0.2, 0.25) is 0 Å². The highest BCUT2D eigenvalue weighted by Gasteiger charge is 2.19. The second kappa shape index (κ2) is 5.33. The molecule has 1 aromatic carbocycles. The van der Waals surface area contributed by atoms with Gasteiger partial charge in [-0.15, -0.1) is 0 Å². The van der Waals surface area contributed by atoms with Crippen LogP contribution >= 0.6 is 22.6 Å². The molecule has 0 atom stereocenters. The third-order valence-electron chi connectivity index (χ3n) is 3.62. The van der Waals surface area contributed by atoms with Crippen LogP contribution in [0.1, 0.15) is 49.7 Å². The van der Waals surface area contributed by atoms with E-state index < -0.39 is 0 Å². The Morgan fingerprint density at radius 1 is 1.07 bits per heavy atom. The van der Waals surface area contributed by atoms with Gasteiger partial charge in [-0.3, -0.25) is 0 Å². The van der Waals surface area contributed by atoms with Gasteiger partial charge in [0.1, 0.15) is 0 Å². The molecule has 1 heteroatoms. The summed E-state index contributed by atoms with van der Waals surface area (Å²) in [4.78, 5) is 0.